The molecule has 0 aliphatic rings. The third-order valence-electron chi connectivity index (χ3n) is 3.75. The summed E-state index contributed by atoms with van der Waals surface area (Å²) in [7, 11) is 1.77. The molecule has 0 unspecified atom stereocenters. The first-order valence-corrected chi connectivity index (χ1v) is 7.66. The van der Waals surface area contributed by atoms with E-state index in [2.05, 4.69) is 12.1 Å². The molecule has 0 radical (unpaired) electrons. The van der Waals surface area contributed by atoms with E-state index in [1.165, 1.54) is 5.56 Å². The summed E-state index contributed by atoms with van der Waals surface area (Å²) in [6.45, 7) is 0.490. The van der Waals surface area contributed by atoms with Gasteiger partial charge in [0, 0.05) is 20.0 Å². The van der Waals surface area contributed by atoms with Crippen molar-refractivity contribution >= 4 is 11.9 Å². The van der Waals surface area contributed by atoms with Crippen LogP contribution in [0, 0.1) is 0 Å². The molecule has 0 bridgehead atoms. The first-order chi connectivity index (χ1) is 11.1. The average molecular weight is 311 g/mol. The number of carboxylic acid groups (broad SMARTS) is 1. The lowest BCUT2D eigenvalue weighted by molar-refractivity contribution is -0.130. The van der Waals surface area contributed by atoms with Gasteiger partial charge in [0.15, 0.2) is 0 Å². The highest BCUT2D eigenvalue weighted by atomic mass is 16.4. The number of hydrogen-bond donors (Lipinski definition) is 1. The third kappa shape index (κ3) is 5.25. The van der Waals surface area contributed by atoms with E-state index < -0.39 is 5.97 Å². The van der Waals surface area contributed by atoms with Crippen LogP contribution in [0.5, 0.6) is 0 Å². The van der Waals surface area contributed by atoms with Crippen LogP contribution in [0.15, 0.2) is 54.6 Å². The number of nitrogens with zero attached hydrogens (tertiary/aromatic N) is 1. The number of carboxylic acids is 1. The third-order valence-corrected chi connectivity index (χ3v) is 3.75. The van der Waals surface area contributed by atoms with E-state index in [-0.39, 0.29) is 11.5 Å². The van der Waals surface area contributed by atoms with Crippen LogP contribution < -0.4 is 0 Å². The summed E-state index contributed by atoms with van der Waals surface area (Å²) in [6, 6.07) is 16.7. The van der Waals surface area contributed by atoms with Crippen molar-refractivity contribution in [2.45, 2.75) is 25.8 Å². The van der Waals surface area contributed by atoms with Gasteiger partial charge in [-0.05, 0) is 36.1 Å². The van der Waals surface area contributed by atoms with Crippen LogP contribution in [0.4, 0.5) is 0 Å². The minimum absolute atomic E-state index is 0.100. The monoisotopic (exact) mass is 311 g/mol. The molecule has 1 N–H and O–H groups in total. The van der Waals surface area contributed by atoms with Gasteiger partial charge < -0.3 is 10.0 Å². The molecule has 4 nitrogen and oxygen atoms in total. The zero-order valence-electron chi connectivity index (χ0n) is 13.2. The van der Waals surface area contributed by atoms with Crippen molar-refractivity contribution in [1.29, 1.82) is 0 Å². The molecule has 2 aromatic rings. The molecule has 0 aromatic heterocycles. The first-order valence-electron chi connectivity index (χ1n) is 7.66. The van der Waals surface area contributed by atoms with Crippen molar-refractivity contribution in [1.82, 2.24) is 4.90 Å². The van der Waals surface area contributed by atoms with Crippen LogP contribution in [0.1, 0.15) is 34.3 Å². The lowest BCUT2D eigenvalue weighted by Gasteiger charge is -2.17. The Labute approximate surface area is 136 Å². The number of rotatable bonds is 7. The molecule has 0 atom stereocenters. The molecule has 0 fully saturated rings. The van der Waals surface area contributed by atoms with Crippen molar-refractivity contribution in [2.75, 3.05) is 7.05 Å². The smallest absolute Gasteiger partial charge is 0.335 e. The molecule has 4 heteroatoms. The van der Waals surface area contributed by atoms with Crippen LogP contribution in [-0.2, 0) is 17.8 Å². The van der Waals surface area contributed by atoms with Gasteiger partial charge in [-0.2, -0.15) is 0 Å². The van der Waals surface area contributed by atoms with Crippen LogP contribution in [0.25, 0.3) is 0 Å². The van der Waals surface area contributed by atoms with E-state index in [1.807, 2.05) is 18.2 Å². The lowest BCUT2D eigenvalue weighted by atomic mass is 10.1. The molecule has 0 aliphatic carbocycles. The lowest BCUT2D eigenvalue weighted by Crippen LogP contribution is -2.26. The zero-order chi connectivity index (χ0) is 16.7. The Hall–Kier alpha value is -2.62. The standard InChI is InChI=1S/C19H21NO3/c1-20(14-16-10-12-17(13-11-16)19(22)23)18(21)9-5-8-15-6-3-2-4-7-15/h2-4,6-7,10-13H,5,8-9,14H2,1H3,(H,22,23). The second-order valence-corrected chi connectivity index (χ2v) is 5.59. The summed E-state index contributed by atoms with van der Waals surface area (Å²) < 4.78 is 0. The molecule has 0 spiro atoms. The predicted octanol–water partition coefficient (Wildman–Crippen LogP) is 3.37. The minimum Gasteiger partial charge on any atom is -0.478 e. The fourth-order valence-corrected chi connectivity index (χ4v) is 2.39. The van der Waals surface area contributed by atoms with E-state index in [1.54, 1.807) is 36.2 Å². The molecule has 2 rings (SSSR count). The Morgan fingerprint density at radius 1 is 0.957 bits per heavy atom. The Morgan fingerprint density at radius 2 is 1.61 bits per heavy atom. The molecule has 2 aromatic carbocycles. The van der Waals surface area contributed by atoms with Gasteiger partial charge in [-0.25, -0.2) is 4.79 Å². The van der Waals surface area contributed by atoms with Crippen molar-refractivity contribution in [2.24, 2.45) is 0 Å². The van der Waals surface area contributed by atoms with Gasteiger partial charge in [-0.1, -0.05) is 42.5 Å². The number of carbonyl (C=O) groups is 2. The Kier molecular flexibility index (Phi) is 5.92. The number of amides is 1. The second-order valence-electron chi connectivity index (χ2n) is 5.59. The molecular weight excluding hydrogens is 290 g/mol. The highest BCUT2D eigenvalue weighted by molar-refractivity contribution is 5.87. The van der Waals surface area contributed by atoms with E-state index in [0.717, 1.165) is 18.4 Å². The van der Waals surface area contributed by atoms with Crippen LogP contribution >= 0.6 is 0 Å². The number of carbonyl (C=O) groups excluding carboxylic acids is 1. The summed E-state index contributed by atoms with van der Waals surface area (Å²) in [5.74, 6) is -0.842. The fourth-order valence-electron chi connectivity index (χ4n) is 2.39. The zero-order valence-corrected chi connectivity index (χ0v) is 13.2. The van der Waals surface area contributed by atoms with Gasteiger partial charge in [0.2, 0.25) is 5.91 Å². The molecular formula is C19H21NO3. The molecule has 120 valence electrons. The summed E-state index contributed by atoms with van der Waals surface area (Å²) >= 11 is 0. The maximum atomic E-state index is 12.1. The number of aryl methyl sites for hydroxylation is 1. The highest BCUT2D eigenvalue weighted by Crippen LogP contribution is 2.10. The Bertz CT molecular complexity index is 650. The first kappa shape index (κ1) is 16.7. The number of benzene rings is 2. The van der Waals surface area contributed by atoms with Crippen molar-refractivity contribution in [3.63, 3.8) is 0 Å². The van der Waals surface area contributed by atoms with Gasteiger partial charge in [0.25, 0.3) is 0 Å². The van der Waals surface area contributed by atoms with Gasteiger partial charge in [-0.3, -0.25) is 4.79 Å². The Balaban J connectivity index is 1.79. The molecule has 1 amide bonds. The average Bonchev–Trinajstić information content (AvgIpc) is 2.56. The molecule has 0 heterocycles. The van der Waals surface area contributed by atoms with Crippen molar-refractivity contribution in [3.05, 3.63) is 71.3 Å². The van der Waals surface area contributed by atoms with Gasteiger partial charge in [-0.15, -0.1) is 0 Å². The molecule has 0 aliphatic heterocycles. The maximum absolute atomic E-state index is 12.1. The van der Waals surface area contributed by atoms with E-state index >= 15 is 0 Å². The van der Waals surface area contributed by atoms with E-state index in [9.17, 15) is 9.59 Å². The van der Waals surface area contributed by atoms with Gasteiger partial charge in [0.05, 0.1) is 5.56 Å². The predicted molar refractivity (Wildman–Crippen MR) is 89.3 cm³/mol. The SMILES string of the molecule is CN(Cc1ccc(C(=O)O)cc1)C(=O)CCCc1ccccc1. The van der Waals surface area contributed by atoms with E-state index in [4.69, 9.17) is 5.11 Å². The second kappa shape index (κ2) is 8.13. The number of hydrogen-bond acceptors (Lipinski definition) is 2. The van der Waals surface area contributed by atoms with E-state index in [0.29, 0.717) is 13.0 Å². The van der Waals surface area contributed by atoms with Crippen molar-refractivity contribution in [3.8, 4) is 0 Å². The fraction of sp³-hybridized carbons (Fsp3) is 0.263. The van der Waals surface area contributed by atoms with Gasteiger partial charge in [0.1, 0.15) is 0 Å². The molecule has 23 heavy (non-hydrogen) atoms. The highest BCUT2D eigenvalue weighted by Gasteiger charge is 2.10. The van der Waals surface area contributed by atoms with Crippen LogP contribution in [-0.4, -0.2) is 28.9 Å². The largest absolute Gasteiger partial charge is 0.478 e. The topological polar surface area (TPSA) is 57.6 Å². The summed E-state index contributed by atoms with van der Waals surface area (Å²) in [5.41, 5.74) is 2.42. The summed E-state index contributed by atoms with van der Waals surface area (Å²) in [6.07, 6.45) is 2.23. The van der Waals surface area contributed by atoms with Gasteiger partial charge >= 0.3 is 5.97 Å². The van der Waals surface area contributed by atoms with Crippen LogP contribution in [0.3, 0.4) is 0 Å². The minimum atomic E-state index is -0.943. The normalized spacial score (nSPS) is 10.3. The summed E-state index contributed by atoms with van der Waals surface area (Å²) in [4.78, 5) is 24.6. The van der Waals surface area contributed by atoms with Crippen LogP contribution in [0.2, 0.25) is 0 Å². The molecule has 0 saturated carbocycles. The molecule has 0 saturated heterocycles. The van der Waals surface area contributed by atoms with Crippen molar-refractivity contribution < 1.29 is 14.7 Å². The maximum Gasteiger partial charge on any atom is 0.335 e. The Morgan fingerprint density at radius 3 is 2.22 bits per heavy atom. The quantitative estimate of drug-likeness (QED) is 0.853. The number of aromatic carboxylic acids is 1. The summed E-state index contributed by atoms with van der Waals surface area (Å²) in [5, 5.41) is 8.87.